The zero-order valence-electron chi connectivity index (χ0n) is 17.9. The standard InChI is InChI=1S/C23H24O10/c1-29-13-7-16(30-2)19-14(25)9-15(32-17(19)8-13)11-3-5-12(6-4-11)31-23-22(28)21(27)20(26)18(10-24)33-23/h3-9,18,20-24,26-28H,10H2,1-2H3/t18-,20-,21+,22-,23-/m1/s1. The van der Waals surface area contributed by atoms with Crippen LogP contribution in [0.5, 0.6) is 17.2 Å². The van der Waals surface area contributed by atoms with Crippen LogP contribution in [0.3, 0.4) is 0 Å². The van der Waals surface area contributed by atoms with Gasteiger partial charge in [0.15, 0.2) is 5.43 Å². The minimum absolute atomic E-state index is 0.285. The van der Waals surface area contributed by atoms with Gasteiger partial charge in [-0.25, -0.2) is 0 Å². The molecule has 1 aliphatic heterocycles. The van der Waals surface area contributed by atoms with E-state index in [4.69, 9.17) is 23.4 Å². The van der Waals surface area contributed by atoms with Crippen LogP contribution >= 0.6 is 0 Å². The number of methoxy groups -OCH3 is 2. The van der Waals surface area contributed by atoms with Gasteiger partial charge in [0, 0.05) is 23.8 Å². The first-order chi connectivity index (χ1) is 15.9. The maximum absolute atomic E-state index is 12.7. The number of hydrogen-bond acceptors (Lipinski definition) is 10. The van der Waals surface area contributed by atoms with Crippen molar-refractivity contribution < 1.29 is 43.8 Å². The molecule has 176 valence electrons. The SMILES string of the molecule is COc1cc(OC)c2c(=O)cc(-c3ccc(O[C@@H]4O[C@H](CO)[C@@H](O)[C@H](O)[C@H]4O)cc3)oc2c1. The van der Waals surface area contributed by atoms with Crippen molar-refractivity contribution in [2.75, 3.05) is 20.8 Å². The fraction of sp³-hybridized carbons (Fsp3) is 0.348. The second kappa shape index (κ2) is 9.38. The molecule has 1 fully saturated rings. The second-order valence-electron chi connectivity index (χ2n) is 7.52. The maximum atomic E-state index is 12.7. The molecule has 0 amide bonds. The van der Waals surface area contributed by atoms with Gasteiger partial charge in [-0.3, -0.25) is 4.79 Å². The van der Waals surface area contributed by atoms with E-state index in [1.807, 2.05) is 0 Å². The number of rotatable bonds is 6. The van der Waals surface area contributed by atoms with E-state index < -0.39 is 37.3 Å². The number of ether oxygens (including phenoxy) is 4. The lowest BCUT2D eigenvalue weighted by Crippen LogP contribution is -2.60. The Labute approximate surface area is 188 Å². The summed E-state index contributed by atoms with van der Waals surface area (Å²) in [6.07, 6.45) is -6.91. The van der Waals surface area contributed by atoms with Gasteiger partial charge in [-0.2, -0.15) is 0 Å². The van der Waals surface area contributed by atoms with Gasteiger partial charge >= 0.3 is 0 Å². The minimum Gasteiger partial charge on any atom is -0.496 e. The number of aliphatic hydroxyl groups is 4. The first-order valence-corrected chi connectivity index (χ1v) is 10.1. The van der Waals surface area contributed by atoms with Crippen LogP contribution in [0.4, 0.5) is 0 Å². The molecule has 3 aromatic rings. The van der Waals surface area contributed by atoms with Crippen LogP contribution < -0.4 is 19.6 Å². The van der Waals surface area contributed by atoms with Crippen LogP contribution in [-0.2, 0) is 4.74 Å². The van der Waals surface area contributed by atoms with Gasteiger partial charge in [-0.1, -0.05) is 0 Å². The number of aliphatic hydroxyl groups excluding tert-OH is 4. The van der Waals surface area contributed by atoms with E-state index in [2.05, 4.69) is 0 Å². The van der Waals surface area contributed by atoms with Crippen LogP contribution in [0, 0.1) is 0 Å². The predicted molar refractivity (Wildman–Crippen MR) is 115 cm³/mol. The summed E-state index contributed by atoms with van der Waals surface area (Å²) in [4.78, 5) is 12.7. The monoisotopic (exact) mass is 460 g/mol. The summed E-state index contributed by atoms with van der Waals surface area (Å²) in [5.74, 6) is 1.41. The Morgan fingerprint density at radius 3 is 2.27 bits per heavy atom. The smallest absolute Gasteiger partial charge is 0.229 e. The Morgan fingerprint density at radius 1 is 0.909 bits per heavy atom. The van der Waals surface area contributed by atoms with Gasteiger partial charge in [0.1, 0.15) is 58.4 Å². The zero-order valence-corrected chi connectivity index (χ0v) is 17.9. The van der Waals surface area contributed by atoms with E-state index in [1.54, 1.807) is 36.4 Å². The van der Waals surface area contributed by atoms with Crippen LogP contribution in [0.15, 0.2) is 51.7 Å². The maximum Gasteiger partial charge on any atom is 0.229 e. The van der Waals surface area contributed by atoms with E-state index in [9.17, 15) is 25.2 Å². The quantitative estimate of drug-likeness (QED) is 0.413. The third-order valence-corrected chi connectivity index (χ3v) is 5.46. The molecule has 10 heteroatoms. The Balaban J connectivity index is 1.60. The molecule has 0 spiro atoms. The van der Waals surface area contributed by atoms with E-state index in [-0.39, 0.29) is 11.2 Å². The molecule has 1 saturated heterocycles. The van der Waals surface area contributed by atoms with Crippen molar-refractivity contribution in [2.24, 2.45) is 0 Å². The highest BCUT2D eigenvalue weighted by Crippen LogP contribution is 2.32. The van der Waals surface area contributed by atoms with Crippen molar-refractivity contribution in [3.05, 3.63) is 52.7 Å². The largest absolute Gasteiger partial charge is 0.496 e. The molecule has 0 radical (unpaired) electrons. The third kappa shape index (κ3) is 4.39. The van der Waals surface area contributed by atoms with Crippen molar-refractivity contribution in [1.82, 2.24) is 0 Å². The van der Waals surface area contributed by atoms with Gasteiger partial charge < -0.3 is 43.8 Å². The van der Waals surface area contributed by atoms with Crippen LogP contribution in [0.25, 0.3) is 22.3 Å². The molecular weight excluding hydrogens is 436 g/mol. The normalized spacial score (nSPS) is 25.1. The topological polar surface area (TPSA) is 148 Å². The highest BCUT2D eigenvalue weighted by atomic mass is 16.7. The number of hydrogen-bond donors (Lipinski definition) is 4. The van der Waals surface area contributed by atoms with Crippen molar-refractivity contribution in [1.29, 1.82) is 0 Å². The highest BCUT2D eigenvalue weighted by Gasteiger charge is 2.44. The lowest BCUT2D eigenvalue weighted by molar-refractivity contribution is -0.277. The molecule has 1 aromatic heterocycles. The summed E-state index contributed by atoms with van der Waals surface area (Å²) in [6, 6.07) is 11.0. The van der Waals surface area contributed by atoms with Gasteiger partial charge in [0.25, 0.3) is 0 Å². The molecule has 4 N–H and O–H groups in total. The average Bonchev–Trinajstić information content (AvgIpc) is 2.83. The van der Waals surface area contributed by atoms with Crippen molar-refractivity contribution in [2.45, 2.75) is 30.7 Å². The highest BCUT2D eigenvalue weighted by molar-refractivity contribution is 5.86. The Kier molecular flexibility index (Phi) is 6.54. The summed E-state index contributed by atoms with van der Waals surface area (Å²) in [7, 11) is 2.95. The second-order valence-corrected chi connectivity index (χ2v) is 7.52. The Morgan fingerprint density at radius 2 is 1.64 bits per heavy atom. The Hall–Kier alpha value is -3.15. The fourth-order valence-corrected chi connectivity index (χ4v) is 3.65. The lowest BCUT2D eigenvalue weighted by atomic mass is 9.99. The molecule has 4 rings (SSSR count). The van der Waals surface area contributed by atoms with Crippen molar-refractivity contribution in [3.63, 3.8) is 0 Å². The predicted octanol–water partition coefficient (Wildman–Crippen LogP) is 0.656. The molecule has 33 heavy (non-hydrogen) atoms. The third-order valence-electron chi connectivity index (χ3n) is 5.46. The van der Waals surface area contributed by atoms with Gasteiger partial charge in [-0.05, 0) is 24.3 Å². The summed E-state index contributed by atoms with van der Waals surface area (Å²) in [5, 5.41) is 39.5. The molecule has 0 unspecified atom stereocenters. The van der Waals surface area contributed by atoms with Gasteiger partial charge in [0.2, 0.25) is 6.29 Å². The molecule has 0 bridgehead atoms. The Bertz CT molecular complexity index is 1170. The average molecular weight is 460 g/mol. The first-order valence-electron chi connectivity index (χ1n) is 10.1. The lowest BCUT2D eigenvalue weighted by Gasteiger charge is -2.39. The van der Waals surface area contributed by atoms with Crippen molar-refractivity contribution >= 4 is 11.0 Å². The minimum atomic E-state index is -1.54. The molecule has 1 aliphatic rings. The molecule has 10 nitrogen and oxygen atoms in total. The summed E-state index contributed by atoms with van der Waals surface area (Å²) >= 11 is 0. The number of benzene rings is 2. The van der Waals surface area contributed by atoms with E-state index in [0.29, 0.717) is 33.8 Å². The molecule has 5 atom stereocenters. The van der Waals surface area contributed by atoms with Crippen LogP contribution in [-0.4, -0.2) is 72.0 Å². The first kappa shape index (κ1) is 23.0. The molecular formula is C23H24O10. The van der Waals surface area contributed by atoms with E-state index >= 15 is 0 Å². The number of fused-ring (bicyclic) bond motifs is 1. The fourth-order valence-electron chi connectivity index (χ4n) is 3.65. The van der Waals surface area contributed by atoms with Crippen molar-refractivity contribution in [3.8, 4) is 28.6 Å². The summed E-state index contributed by atoms with van der Waals surface area (Å²) in [6.45, 7) is -0.555. The van der Waals surface area contributed by atoms with Gasteiger partial charge in [-0.15, -0.1) is 0 Å². The molecule has 2 heterocycles. The van der Waals surface area contributed by atoms with Crippen LogP contribution in [0.2, 0.25) is 0 Å². The summed E-state index contributed by atoms with van der Waals surface area (Å²) in [5.41, 5.74) is 0.597. The molecule has 2 aromatic carbocycles. The summed E-state index contributed by atoms with van der Waals surface area (Å²) < 4.78 is 27.4. The van der Waals surface area contributed by atoms with Gasteiger partial charge in [0.05, 0.1) is 20.8 Å². The zero-order chi connectivity index (χ0) is 23.7. The van der Waals surface area contributed by atoms with Crippen LogP contribution in [0.1, 0.15) is 0 Å². The molecule has 0 aliphatic carbocycles. The molecule has 0 saturated carbocycles. The van der Waals surface area contributed by atoms with E-state index in [0.717, 1.165) is 0 Å². The van der Waals surface area contributed by atoms with E-state index in [1.165, 1.54) is 20.3 Å².